The number of nitrogens with zero attached hydrogens (tertiary/aromatic N) is 4. The van der Waals surface area contributed by atoms with Gasteiger partial charge in [-0.15, -0.1) is 11.3 Å². The van der Waals surface area contributed by atoms with E-state index in [2.05, 4.69) is 9.88 Å². The topological polar surface area (TPSA) is 60.2 Å². The normalized spacial score (nSPS) is 17.6. The predicted octanol–water partition coefficient (Wildman–Crippen LogP) is 0.951. The molecule has 6 heteroatoms. The summed E-state index contributed by atoms with van der Waals surface area (Å²) in [6, 6.07) is 1.99. The minimum absolute atomic E-state index is 0.0636. The monoisotopic (exact) mass is 250 g/mol. The molecule has 1 atom stereocenters. The van der Waals surface area contributed by atoms with Crippen LogP contribution in [0.3, 0.4) is 0 Å². The molecular formula is C11H14N4OS. The van der Waals surface area contributed by atoms with Crippen LogP contribution in [0.25, 0.3) is 0 Å². The molecule has 0 spiro atoms. The highest BCUT2D eigenvalue weighted by Gasteiger charge is 2.25. The number of aromatic nitrogens is 1. The Labute approximate surface area is 104 Å². The van der Waals surface area contributed by atoms with Crippen molar-refractivity contribution in [2.45, 2.75) is 6.92 Å². The molecule has 1 amide bonds. The maximum Gasteiger partial charge on any atom is 0.239 e. The molecule has 1 aliphatic rings. The summed E-state index contributed by atoms with van der Waals surface area (Å²) in [5, 5.41) is 11.7. The quantitative estimate of drug-likeness (QED) is 0.784. The number of thiazole rings is 1. The van der Waals surface area contributed by atoms with Crippen molar-refractivity contribution in [1.29, 1.82) is 5.26 Å². The van der Waals surface area contributed by atoms with Crippen molar-refractivity contribution >= 4 is 22.4 Å². The van der Waals surface area contributed by atoms with Gasteiger partial charge in [-0.25, -0.2) is 4.98 Å². The highest BCUT2D eigenvalue weighted by Crippen LogP contribution is 2.19. The van der Waals surface area contributed by atoms with E-state index in [9.17, 15) is 4.79 Å². The molecule has 0 saturated carbocycles. The van der Waals surface area contributed by atoms with E-state index in [0.29, 0.717) is 13.1 Å². The summed E-state index contributed by atoms with van der Waals surface area (Å²) in [7, 11) is 0. The van der Waals surface area contributed by atoms with Gasteiger partial charge in [0.25, 0.3) is 0 Å². The second-order valence-electron chi connectivity index (χ2n) is 3.98. The molecule has 0 radical (unpaired) electrons. The van der Waals surface area contributed by atoms with Crippen molar-refractivity contribution in [1.82, 2.24) is 9.88 Å². The Kier molecular flexibility index (Phi) is 3.59. The van der Waals surface area contributed by atoms with Crippen LogP contribution in [0.5, 0.6) is 0 Å². The zero-order valence-corrected chi connectivity index (χ0v) is 10.5. The zero-order valence-electron chi connectivity index (χ0n) is 9.67. The van der Waals surface area contributed by atoms with Crippen LogP contribution in [0.4, 0.5) is 5.13 Å². The van der Waals surface area contributed by atoms with Crippen LogP contribution in [0, 0.1) is 17.2 Å². The molecular weight excluding hydrogens is 236 g/mol. The number of nitriles is 1. The van der Waals surface area contributed by atoms with Gasteiger partial charge in [0, 0.05) is 37.8 Å². The molecule has 1 fully saturated rings. The number of carbonyl (C=O) groups is 1. The third-order valence-electron chi connectivity index (χ3n) is 2.85. The van der Waals surface area contributed by atoms with Crippen molar-refractivity contribution in [3.05, 3.63) is 11.6 Å². The van der Waals surface area contributed by atoms with Crippen LogP contribution in [-0.4, -0.2) is 42.0 Å². The SMILES string of the molecule is CC(C#N)C(=O)N1CCN(c2nccs2)CC1. The summed E-state index contributed by atoms with van der Waals surface area (Å²) < 4.78 is 0. The van der Waals surface area contributed by atoms with E-state index in [1.54, 1.807) is 29.4 Å². The Bertz CT molecular complexity index is 417. The van der Waals surface area contributed by atoms with Crippen molar-refractivity contribution < 1.29 is 4.79 Å². The van der Waals surface area contributed by atoms with Crippen LogP contribution in [0.2, 0.25) is 0 Å². The van der Waals surface area contributed by atoms with Gasteiger partial charge in [-0.1, -0.05) is 0 Å². The van der Waals surface area contributed by atoms with Gasteiger partial charge in [0.15, 0.2) is 5.13 Å². The summed E-state index contributed by atoms with van der Waals surface area (Å²) >= 11 is 1.61. The molecule has 17 heavy (non-hydrogen) atoms. The highest BCUT2D eigenvalue weighted by molar-refractivity contribution is 7.13. The molecule has 1 unspecified atom stereocenters. The number of carbonyl (C=O) groups excluding carboxylic acids is 1. The van der Waals surface area contributed by atoms with Gasteiger partial charge in [0.05, 0.1) is 6.07 Å². The first-order valence-electron chi connectivity index (χ1n) is 5.55. The molecule has 1 aromatic heterocycles. The second kappa shape index (κ2) is 5.15. The molecule has 2 rings (SSSR count). The molecule has 0 N–H and O–H groups in total. The molecule has 1 saturated heterocycles. The minimum atomic E-state index is -0.540. The summed E-state index contributed by atoms with van der Waals surface area (Å²) in [5.74, 6) is -0.604. The van der Waals surface area contributed by atoms with Crippen LogP contribution in [0.15, 0.2) is 11.6 Å². The van der Waals surface area contributed by atoms with E-state index < -0.39 is 5.92 Å². The molecule has 0 bridgehead atoms. The maximum atomic E-state index is 11.8. The average molecular weight is 250 g/mol. The lowest BCUT2D eigenvalue weighted by Crippen LogP contribution is -2.50. The molecule has 0 aliphatic carbocycles. The van der Waals surface area contributed by atoms with E-state index in [1.807, 2.05) is 11.4 Å². The van der Waals surface area contributed by atoms with Crippen molar-refractivity contribution in [3.8, 4) is 6.07 Å². The Hall–Kier alpha value is -1.61. The van der Waals surface area contributed by atoms with E-state index in [1.165, 1.54) is 0 Å². The minimum Gasteiger partial charge on any atom is -0.345 e. The van der Waals surface area contributed by atoms with Gasteiger partial charge in [-0.3, -0.25) is 4.79 Å². The average Bonchev–Trinajstić information content (AvgIpc) is 2.91. The molecule has 1 aromatic rings. The van der Waals surface area contributed by atoms with E-state index in [4.69, 9.17) is 5.26 Å². The second-order valence-corrected chi connectivity index (χ2v) is 4.85. The Morgan fingerprint density at radius 1 is 1.53 bits per heavy atom. The van der Waals surface area contributed by atoms with Crippen LogP contribution >= 0.6 is 11.3 Å². The Morgan fingerprint density at radius 2 is 2.24 bits per heavy atom. The lowest BCUT2D eigenvalue weighted by Gasteiger charge is -2.35. The number of amides is 1. The Morgan fingerprint density at radius 3 is 2.76 bits per heavy atom. The van der Waals surface area contributed by atoms with Gasteiger partial charge < -0.3 is 9.80 Å². The first-order chi connectivity index (χ1) is 8.22. The molecule has 5 nitrogen and oxygen atoms in total. The number of rotatable bonds is 2. The number of hydrogen-bond donors (Lipinski definition) is 0. The van der Waals surface area contributed by atoms with E-state index in [0.717, 1.165) is 18.2 Å². The van der Waals surface area contributed by atoms with Crippen molar-refractivity contribution in [2.24, 2.45) is 5.92 Å². The zero-order chi connectivity index (χ0) is 12.3. The van der Waals surface area contributed by atoms with Crippen molar-refractivity contribution in [2.75, 3.05) is 31.1 Å². The fourth-order valence-corrected chi connectivity index (χ4v) is 2.52. The summed E-state index contributed by atoms with van der Waals surface area (Å²) in [5.41, 5.74) is 0. The maximum absolute atomic E-state index is 11.8. The largest absolute Gasteiger partial charge is 0.345 e. The molecule has 0 aromatic carbocycles. The lowest BCUT2D eigenvalue weighted by atomic mass is 10.1. The van der Waals surface area contributed by atoms with Gasteiger partial charge in [-0.2, -0.15) is 5.26 Å². The summed E-state index contributed by atoms with van der Waals surface area (Å²) in [4.78, 5) is 20.0. The van der Waals surface area contributed by atoms with Gasteiger partial charge in [-0.05, 0) is 6.92 Å². The highest BCUT2D eigenvalue weighted by atomic mass is 32.1. The van der Waals surface area contributed by atoms with Gasteiger partial charge in [0.2, 0.25) is 5.91 Å². The van der Waals surface area contributed by atoms with Crippen LogP contribution in [0.1, 0.15) is 6.92 Å². The fourth-order valence-electron chi connectivity index (χ4n) is 1.82. The van der Waals surface area contributed by atoms with Crippen molar-refractivity contribution in [3.63, 3.8) is 0 Å². The van der Waals surface area contributed by atoms with Gasteiger partial charge in [0.1, 0.15) is 5.92 Å². The summed E-state index contributed by atoms with van der Waals surface area (Å²) in [6.45, 7) is 4.57. The lowest BCUT2D eigenvalue weighted by molar-refractivity contribution is -0.133. The third kappa shape index (κ3) is 2.56. The first kappa shape index (κ1) is 11.9. The Balaban J connectivity index is 1.91. The van der Waals surface area contributed by atoms with E-state index in [-0.39, 0.29) is 5.91 Å². The number of piperazine rings is 1. The first-order valence-corrected chi connectivity index (χ1v) is 6.43. The summed E-state index contributed by atoms with van der Waals surface area (Å²) in [6.07, 6.45) is 1.79. The standard InChI is InChI=1S/C11H14N4OS/c1-9(8-12)10(16)14-3-5-15(6-4-14)11-13-2-7-17-11/h2,7,9H,3-6H2,1H3. The fraction of sp³-hybridized carbons (Fsp3) is 0.545. The molecule has 1 aliphatic heterocycles. The smallest absolute Gasteiger partial charge is 0.239 e. The predicted molar refractivity (Wildman–Crippen MR) is 65.7 cm³/mol. The number of anilines is 1. The van der Waals surface area contributed by atoms with Crippen LogP contribution in [-0.2, 0) is 4.79 Å². The van der Waals surface area contributed by atoms with E-state index >= 15 is 0 Å². The molecule has 2 heterocycles. The van der Waals surface area contributed by atoms with Crippen LogP contribution < -0.4 is 4.90 Å². The molecule has 90 valence electrons. The number of hydrogen-bond acceptors (Lipinski definition) is 5. The third-order valence-corrected chi connectivity index (χ3v) is 3.68. The van der Waals surface area contributed by atoms with Gasteiger partial charge >= 0.3 is 0 Å².